The summed E-state index contributed by atoms with van der Waals surface area (Å²) in [6.45, 7) is 9.37. The van der Waals surface area contributed by atoms with Crippen molar-refractivity contribution in [3.63, 3.8) is 0 Å². The summed E-state index contributed by atoms with van der Waals surface area (Å²) in [5, 5.41) is 3.54. The summed E-state index contributed by atoms with van der Waals surface area (Å²) in [5.74, 6) is 1.92. The summed E-state index contributed by atoms with van der Waals surface area (Å²) < 4.78 is 0. The van der Waals surface area contributed by atoms with Gasteiger partial charge in [0.05, 0.1) is 0 Å². The van der Waals surface area contributed by atoms with Gasteiger partial charge in [0.15, 0.2) is 0 Å². The van der Waals surface area contributed by atoms with Crippen molar-refractivity contribution in [1.29, 1.82) is 0 Å². The third-order valence-electron chi connectivity index (χ3n) is 3.26. The second-order valence-corrected chi connectivity index (χ2v) is 4.75. The summed E-state index contributed by atoms with van der Waals surface area (Å²) in [6, 6.07) is 2.69. The average Bonchev–Trinajstić information content (AvgIpc) is 2.77. The highest BCUT2D eigenvalue weighted by Crippen LogP contribution is 2.15. The molecule has 0 aromatic carbocycles. The van der Waals surface area contributed by atoms with Crippen LogP contribution in [0.25, 0.3) is 0 Å². The van der Waals surface area contributed by atoms with E-state index in [4.69, 9.17) is 0 Å². The van der Waals surface area contributed by atoms with Gasteiger partial charge in [-0.15, -0.1) is 0 Å². The Kier molecular flexibility index (Phi) is 3.94. The van der Waals surface area contributed by atoms with Crippen molar-refractivity contribution >= 4 is 5.82 Å². The van der Waals surface area contributed by atoms with Gasteiger partial charge in [0.2, 0.25) is 0 Å². The lowest BCUT2D eigenvalue weighted by molar-refractivity contribution is 0.583. The number of likely N-dealkylation sites (N-methyl/N-ethyl adjacent to an activating group) is 1. The number of aromatic nitrogens is 2. The van der Waals surface area contributed by atoms with Gasteiger partial charge in [0.25, 0.3) is 0 Å². The highest BCUT2D eigenvalue weighted by Gasteiger charge is 2.18. The maximum absolute atomic E-state index is 4.53. The number of nitrogens with zero attached hydrogens (tertiary/aromatic N) is 3. The van der Waals surface area contributed by atoms with Gasteiger partial charge in [-0.05, 0) is 40.2 Å². The van der Waals surface area contributed by atoms with Crippen LogP contribution in [0.1, 0.15) is 31.3 Å². The molecule has 1 atom stereocenters. The molecule has 2 rings (SSSR count). The molecule has 1 aliphatic heterocycles. The zero-order valence-corrected chi connectivity index (χ0v) is 11.0. The summed E-state index contributed by atoms with van der Waals surface area (Å²) in [5.41, 5.74) is 1.05. The first-order valence-electron chi connectivity index (χ1n) is 6.49. The Balaban J connectivity index is 2.10. The van der Waals surface area contributed by atoms with Crippen LogP contribution in [-0.2, 0) is 0 Å². The molecule has 94 valence electrons. The fraction of sp³-hybridized carbons (Fsp3) is 0.692. The fourth-order valence-electron chi connectivity index (χ4n) is 2.42. The molecule has 1 unspecified atom stereocenters. The van der Waals surface area contributed by atoms with E-state index in [9.17, 15) is 0 Å². The van der Waals surface area contributed by atoms with Crippen molar-refractivity contribution in [3.05, 3.63) is 17.6 Å². The van der Waals surface area contributed by atoms with E-state index in [0.29, 0.717) is 6.04 Å². The van der Waals surface area contributed by atoms with Crippen molar-refractivity contribution in [3.8, 4) is 0 Å². The molecule has 1 saturated heterocycles. The molecule has 2 heterocycles. The molecule has 0 amide bonds. The van der Waals surface area contributed by atoms with Crippen LogP contribution in [0.4, 0.5) is 5.82 Å². The van der Waals surface area contributed by atoms with Gasteiger partial charge in [-0.2, -0.15) is 0 Å². The smallest absolute Gasteiger partial charge is 0.132 e. The maximum atomic E-state index is 4.53. The molecule has 1 aromatic heterocycles. The number of hydrogen-bond donors (Lipinski definition) is 1. The zero-order chi connectivity index (χ0) is 12.3. The van der Waals surface area contributed by atoms with Gasteiger partial charge in [-0.3, -0.25) is 0 Å². The molecule has 0 bridgehead atoms. The van der Waals surface area contributed by atoms with E-state index in [1.807, 2.05) is 13.8 Å². The fourth-order valence-corrected chi connectivity index (χ4v) is 2.42. The number of rotatable bonds is 4. The minimum atomic E-state index is 0.616. The standard InChI is InChI=1S/C13H22N4/c1-4-17(9-12-6-5-7-14-12)13-8-10(2)15-11(3)16-13/h8,12,14H,4-7,9H2,1-3H3. The lowest BCUT2D eigenvalue weighted by Gasteiger charge is -2.25. The third kappa shape index (κ3) is 3.16. The van der Waals surface area contributed by atoms with Gasteiger partial charge in [-0.1, -0.05) is 0 Å². The van der Waals surface area contributed by atoms with Crippen molar-refractivity contribution in [2.45, 2.75) is 39.7 Å². The number of anilines is 1. The van der Waals surface area contributed by atoms with Crippen molar-refractivity contribution in [2.24, 2.45) is 0 Å². The van der Waals surface area contributed by atoms with Crippen LogP contribution >= 0.6 is 0 Å². The first kappa shape index (κ1) is 12.3. The molecule has 0 radical (unpaired) electrons. The molecule has 1 fully saturated rings. The largest absolute Gasteiger partial charge is 0.355 e. The first-order valence-corrected chi connectivity index (χ1v) is 6.49. The van der Waals surface area contributed by atoms with Crippen LogP contribution in [-0.4, -0.2) is 35.6 Å². The number of hydrogen-bond acceptors (Lipinski definition) is 4. The van der Waals surface area contributed by atoms with Crippen molar-refractivity contribution in [2.75, 3.05) is 24.5 Å². The predicted molar refractivity (Wildman–Crippen MR) is 70.4 cm³/mol. The van der Waals surface area contributed by atoms with Crippen LogP contribution in [0, 0.1) is 13.8 Å². The molecule has 0 spiro atoms. The van der Waals surface area contributed by atoms with Crippen LogP contribution < -0.4 is 10.2 Å². The highest BCUT2D eigenvalue weighted by molar-refractivity contribution is 5.39. The van der Waals surface area contributed by atoms with Gasteiger partial charge in [0.1, 0.15) is 11.6 Å². The molecule has 0 saturated carbocycles. The van der Waals surface area contributed by atoms with Crippen LogP contribution in [0.5, 0.6) is 0 Å². The van der Waals surface area contributed by atoms with Crippen LogP contribution in [0.15, 0.2) is 6.07 Å². The second kappa shape index (κ2) is 5.45. The normalized spacial score (nSPS) is 19.6. The first-order chi connectivity index (χ1) is 8.19. The van der Waals surface area contributed by atoms with E-state index in [0.717, 1.165) is 37.0 Å². The van der Waals surface area contributed by atoms with Gasteiger partial charge < -0.3 is 10.2 Å². The number of aryl methyl sites for hydroxylation is 2. The molecular weight excluding hydrogens is 212 g/mol. The minimum Gasteiger partial charge on any atom is -0.355 e. The molecule has 17 heavy (non-hydrogen) atoms. The van der Waals surface area contributed by atoms with E-state index in [1.165, 1.54) is 12.8 Å². The molecular formula is C13H22N4. The predicted octanol–water partition coefficient (Wildman–Crippen LogP) is 1.67. The summed E-state index contributed by atoms with van der Waals surface area (Å²) in [6.07, 6.45) is 2.57. The number of nitrogens with one attached hydrogen (secondary N) is 1. The minimum absolute atomic E-state index is 0.616. The Morgan fingerprint density at radius 2 is 2.24 bits per heavy atom. The van der Waals surface area contributed by atoms with Gasteiger partial charge in [-0.25, -0.2) is 9.97 Å². The monoisotopic (exact) mass is 234 g/mol. The second-order valence-electron chi connectivity index (χ2n) is 4.75. The Morgan fingerprint density at radius 1 is 1.41 bits per heavy atom. The topological polar surface area (TPSA) is 41.0 Å². The zero-order valence-electron chi connectivity index (χ0n) is 11.0. The lowest BCUT2D eigenvalue weighted by Crippen LogP contribution is -2.38. The Labute approximate surface area is 103 Å². The maximum Gasteiger partial charge on any atom is 0.132 e. The van der Waals surface area contributed by atoms with Crippen molar-refractivity contribution < 1.29 is 0 Å². The molecule has 1 aromatic rings. The van der Waals surface area contributed by atoms with Crippen molar-refractivity contribution in [1.82, 2.24) is 15.3 Å². The molecule has 0 aliphatic carbocycles. The van der Waals surface area contributed by atoms with Crippen LogP contribution in [0.2, 0.25) is 0 Å². The Hall–Kier alpha value is -1.16. The Bertz CT molecular complexity index is 351. The quantitative estimate of drug-likeness (QED) is 0.860. The highest BCUT2D eigenvalue weighted by atomic mass is 15.2. The van der Waals surface area contributed by atoms with E-state index in [1.54, 1.807) is 0 Å². The van der Waals surface area contributed by atoms with Crippen LogP contribution in [0.3, 0.4) is 0 Å². The Morgan fingerprint density at radius 3 is 2.82 bits per heavy atom. The van der Waals surface area contributed by atoms with E-state index in [2.05, 4.69) is 33.2 Å². The molecule has 1 aliphatic rings. The summed E-state index contributed by atoms with van der Waals surface area (Å²) in [4.78, 5) is 11.2. The third-order valence-corrected chi connectivity index (χ3v) is 3.26. The van der Waals surface area contributed by atoms with Gasteiger partial charge >= 0.3 is 0 Å². The SMILES string of the molecule is CCN(CC1CCCN1)c1cc(C)nc(C)n1. The van der Waals surface area contributed by atoms with E-state index < -0.39 is 0 Å². The average molecular weight is 234 g/mol. The van der Waals surface area contributed by atoms with E-state index >= 15 is 0 Å². The molecule has 4 nitrogen and oxygen atoms in total. The lowest BCUT2D eigenvalue weighted by atomic mass is 10.2. The summed E-state index contributed by atoms with van der Waals surface area (Å²) >= 11 is 0. The van der Waals surface area contributed by atoms with E-state index in [-0.39, 0.29) is 0 Å². The summed E-state index contributed by atoms with van der Waals surface area (Å²) in [7, 11) is 0. The van der Waals surface area contributed by atoms with Gasteiger partial charge in [0, 0.05) is 30.9 Å². The molecule has 4 heteroatoms. The molecule has 1 N–H and O–H groups in total.